The first kappa shape index (κ1) is 7.73. The summed E-state index contributed by atoms with van der Waals surface area (Å²) in [6, 6.07) is 0.766. The van der Waals surface area contributed by atoms with Crippen LogP contribution in [0.25, 0.3) is 0 Å². The second-order valence-electron chi connectivity index (χ2n) is 3.25. The van der Waals surface area contributed by atoms with Crippen molar-refractivity contribution in [3.63, 3.8) is 0 Å². The lowest BCUT2D eigenvalue weighted by molar-refractivity contribution is -0.127. The summed E-state index contributed by atoms with van der Waals surface area (Å²) in [5.74, 6) is 0.319. The fraction of sp³-hybridized carbons (Fsp3) is 0.875. The number of rotatable bonds is 2. The van der Waals surface area contributed by atoms with Crippen LogP contribution in [-0.4, -0.2) is 29.3 Å². The van der Waals surface area contributed by atoms with Gasteiger partial charge >= 0.3 is 0 Å². The van der Waals surface area contributed by atoms with Gasteiger partial charge in [-0.05, 0) is 27.2 Å². The molecule has 0 aromatic rings. The van der Waals surface area contributed by atoms with Gasteiger partial charge in [0.1, 0.15) is 5.78 Å². The van der Waals surface area contributed by atoms with E-state index in [0.717, 1.165) is 13.0 Å². The largest absolute Gasteiger partial charge is 0.298 e. The van der Waals surface area contributed by atoms with Crippen molar-refractivity contribution in [2.75, 3.05) is 6.54 Å². The van der Waals surface area contributed by atoms with E-state index < -0.39 is 0 Å². The van der Waals surface area contributed by atoms with Crippen LogP contribution in [-0.2, 0) is 4.79 Å². The summed E-state index contributed by atoms with van der Waals surface area (Å²) in [6.45, 7) is 7.05. The Hall–Kier alpha value is -0.370. The van der Waals surface area contributed by atoms with Crippen LogP contribution >= 0.6 is 0 Å². The van der Waals surface area contributed by atoms with E-state index in [1.165, 1.54) is 0 Å². The van der Waals surface area contributed by atoms with E-state index in [1.54, 1.807) is 6.92 Å². The van der Waals surface area contributed by atoms with Crippen molar-refractivity contribution in [1.29, 1.82) is 0 Å². The van der Waals surface area contributed by atoms with Crippen LogP contribution in [0.3, 0.4) is 0 Å². The Morgan fingerprint density at radius 3 is 2.30 bits per heavy atom. The molecule has 1 aliphatic heterocycles. The Labute approximate surface area is 62.2 Å². The summed E-state index contributed by atoms with van der Waals surface area (Å²) in [7, 11) is 0. The third kappa shape index (κ3) is 1.21. The zero-order chi connectivity index (χ0) is 7.72. The Morgan fingerprint density at radius 1 is 1.60 bits per heavy atom. The van der Waals surface area contributed by atoms with E-state index in [4.69, 9.17) is 0 Å². The van der Waals surface area contributed by atoms with Gasteiger partial charge in [-0.25, -0.2) is 0 Å². The second-order valence-corrected chi connectivity index (χ2v) is 3.25. The minimum absolute atomic E-state index is 0.236. The molecule has 10 heavy (non-hydrogen) atoms. The van der Waals surface area contributed by atoms with Gasteiger partial charge < -0.3 is 0 Å². The molecule has 1 saturated heterocycles. The molecular weight excluding hydrogens is 126 g/mol. The fourth-order valence-corrected chi connectivity index (χ4v) is 1.46. The standard InChI is InChI=1S/C8H15NO/c1-6(2)9-5-4-8(9)7(3)10/h6,8H,4-5H2,1-3H3/t8-/m1/s1. The Morgan fingerprint density at radius 2 is 2.20 bits per heavy atom. The van der Waals surface area contributed by atoms with Crippen LogP contribution in [0.2, 0.25) is 0 Å². The maximum atomic E-state index is 10.9. The van der Waals surface area contributed by atoms with Gasteiger partial charge in [0.25, 0.3) is 0 Å². The van der Waals surface area contributed by atoms with E-state index in [2.05, 4.69) is 18.7 Å². The zero-order valence-corrected chi connectivity index (χ0v) is 6.92. The monoisotopic (exact) mass is 141 g/mol. The van der Waals surface area contributed by atoms with Gasteiger partial charge in [0, 0.05) is 12.6 Å². The van der Waals surface area contributed by atoms with Crippen molar-refractivity contribution >= 4 is 5.78 Å². The number of carbonyl (C=O) groups is 1. The Balaban J connectivity index is 2.43. The van der Waals surface area contributed by atoms with Crippen LogP contribution < -0.4 is 0 Å². The van der Waals surface area contributed by atoms with Crippen LogP contribution in [0.5, 0.6) is 0 Å². The maximum absolute atomic E-state index is 10.9. The molecule has 0 aromatic heterocycles. The average Bonchev–Trinajstić information content (AvgIpc) is 1.56. The molecule has 0 aliphatic carbocycles. The highest BCUT2D eigenvalue weighted by molar-refractivity contribution is 5.82. The molecule has 0 radical (unpaired) electrons. The van der Waals surface area contributed by atoms with E-state index in [0.29, 0.717) is 11.8 Å². The predicted octanol–water partition coefficient (Wildman–Crippen LogP) is 1.06. The van der Waals surface area contributed by atoms with Gasteiger partial charge in [-0.3, -0.25) is 9.69 Å². The van der Waals surface area contributed by atoms with Crippen LogP contribution in [0.4, 0.5) is 0 Å². The molecule has 0 aromatic carbocycles. The van der Waals surface area contributed by atoms with Gasteiger partial charge in [0.2, 0.25) is 0 Å². The molecule has 0 spiro atoms. The molecule has 58 valence electrons. The van der Waals surface area contributed by atoms with Gasteiger partial charge in [0.05, 0.1) is 6.04 Å². The number of hydrogen-bond donors (Lipinski definition) is 0. The van der Waals surface area contributed by atoms with Gasteiger partial charge in [-0.1, -0.05) is 0 Å². The number of likely N-dealkylation sites (tertiary alicyclic amines) is 1. The summed E-state index contributed by atoms with van der Waals surface area (Å²) >= 11 is 0. The molecule has 2 heteroatoms. The summed E-state index contributed by atoms with van der Waals surface area (Å²) in [4.78, 5) is 13.1. The molecule has 0 saturated carbocycles. The highest BCUT2D eigenvalue weighted by Gasteiger charge is 2.32. The molecule has 2 nitrogen and oxygen atoms in total. The molecule has 0 bridgehead atoms. The lowest BCUT2D eigenvalue weighted by atomic mass is 9.97. The molecule has 0 unspecified atom stereocenters. The van der Waals surface area contributed by atoms with E-state index in [1.807, 2.05) is 0 Å². The van der Waals surface area contributed by atoms with Crippen LogP contribution in [0.15, 0.2) is 0 Å². The Bertz CT molecular complexity index is 142. The van der Waals surface area contributed by atoms with Crippen molar-refractivity contribution < 1.29 is 4.79 Å². The highest BCUT2D eigenvalue weighted by Crippen LogP contribution is 2.20. The number of hydrogen-bond acceptors (Lipinski definition) is 2. The van der Waals surface area contributed by atoms with Crippen LogP contribution in [0, 0.1) is 0 Å². The lowest BCUT2D eigenvalue weighted by Crippen LogP contribution is -2.54. The lowest BCUT2D eigenvalue weighted by Gasteiger charge is -2.42. The summed E-state index contributed by atoms with van der Waals surface area (Å²) in [5.41, 5.74) is 0. The summed E-state index contributed by atoms with van der Waals surface area (Å²) in [6.07, 6.45) is 1.06. The van der Waals surface area contributed by atoms with E-state index in [-0.39, 0.29) is 6.04 Å². The van der Waals surface area contributed by atoms with Crippen molar-refractivity contribution in [3.8, 4) is 0 Å². The molecule has 1 heterocycles. The van der Waals surface area contributed by atoms with Gasteiger partial charge in [0.15, 0.2) is 0 Å². The van der Waals surface area contributed by atoms with Crippen molar-refractivity contribution in [2.45, 2.75) is 39.3 Å². The first-order valence-electron chi connectivity index (χ1n) is 3.89. The van der Waals surface area contributed by atoms with Crippen molar-refractivity contribution in [1.82, 2.24) is 4.90 Å². The molecular formula is C8H15NO. The number of nitrogens with zero attached hydrogens (tertiary/aromatic N) is 1. The second kappa shape index (κ2) is 2.70. The first-order valence-corrected chi connectivity index (χ1v) is 3.89. The number of ketones is 1. The van der Waals surface area contributed by atoms with Crippen LogP contribution in [0.1, 0.15) is 27.2 Å². The van der Waals surface area contributed by atoms with Crippen molar-refractivity contribution in [3.05, 3.63) is 0 Å². The molecule has 1 fully saturated rings. The maximum Gasteiger partial charge on any atom is 0.146 e. The minimum Gasteiger partial charge on any atom is -0.298 e. The third-order valence-electron chi connectivity index (χ3n) is 2.19. The van der Waals surface area contributed by atoms with E-state index >= 15 is 0 Å². The van der Waals surface area contributed by atoms with Gasteiger partial charge in [-0.2, -0.15) is 0 Å². The molecule has 0 amide bonds. The smallest absolute Gasteiger partial charge is 0.146 e. The normalized spacial score (nSPS) is 26.6. The summed E-state index contributed by atoms with van der Waals surface area (Å²) in [5, 5.41) is 0. The molecule has 0 N–H and O–H groups in total. The Kier molecular flexibility index (Phi) is 2.09. The highest BCUT2D eigenvalue weighted by atomic mass is 16.1. The number of carbonyl (C=O) groups excluding carboxylic acids is 1. The topological polar surface area (TPSA) is 20.3 Å². The van der Waals surface area contributed by atoms with E-state index in [9.17, 15) is 4.79 Å². The molecule has 1 rings (SSSR count). The zero-order valence-electron chi connectivity index (χ0n) is 6.92. The number of Topliss-reactive ketones (excluding diaryl/α,β-unsaturated/α-hetero) is 1. The SMILES string of the molecule is CC(=O)[C@H]1CCN1C(C)C. The first-order chi connectivity index (χ1) is 4.63. The summed E-state index contributed by atoms with van der Waals surface area (Å²) < 4.78 is 0. The average molecular weight is 141 g/mol. The van der Waals surface area contributed by atoms with Crippen molar-refractivity contribution in [2.24, 2.45) is 0 Å². The fourth-order valence-electron chi connectivity index (χ4n) is 1.46. The third-order valence-corrected chi connectivity index (χ3v) is 2.19. The predicted molar refractivity (Wildman–Crippen MR) is 40.9 cm³/mol. The molecule has 1 atom stereocenters. The quantitative estimate of drug-likeness (QED) is 0.573. The molecule has 1 aliphatic rings. The van der Waals surface area contributed by atoms with Gasteiger partial charge in [-0.15, -0.1) is 0 Å². The minimum atomic E-state index is 0.236.